The second kappa shape index (κ2) is 5.33. The highest BCUT2D eigenvalue weighted by Crippen LogP contribution is 2.17. The summed E-state index contributed by atoms with van der Waals surface area (Å²) in [5.74, 6) is -0.386. The van der Waals surface area contributed by atoms with E-state index in [1.807, 2.05) is 6.07 Å². The lowest BCUT2D eigenvalue weighted by atomic mass is 10.1. The lowest BCUT2D eigenvalue weighted by molar-refractivity contribution is -0.124. The van der Waals surface area contributed by atoms with Crippen LogP contribution in [0.15, 0.2) is 54.6 Å². The van der Waals surface area contributed by atoms with E-state index in [1.54, 1.807) is 36.4 Å². The molecule has 92 valence electrons. The van der Waals surface area contributed by atoms with Crippen LogP contribution in [0.25, 0.3) is 0 Å². The average molecular weight is 243 g/mol. The van der Waals surface area contributed by atoms with Gasteiger partial charge in [0.05, 0.1) is 0 Å². The maximum atomic E-state index is 11.8. The summed E-state index contributed by atoms with van der Waals surface area (Å²) in [5, 5.41) is 21.5. The van der Waals surface area contributed by atoms with Gasteiger partial charge in [0.25, 0.3) is 5.91 Å². The molecule has 0 heterocycles. The van der Waals surface area contributed by atoms with E-state index in [0.29, 0.717) is 11.3 Å². The fraction of sp³-hybridized carbons (Fsp3) is 0.0714. The Balaban J connectivity index is 2.06. The summed E-state index contributed by atoms with van der Waals surface area (Å²) in [6.07, 6.45) is -1.21. The van der Waals surface area contributed by atoms with Gasteiger partial charge in [-0.2, -0.15) is 0 Å². The normalized spacial score (nSPS) is 11.8. The van der Waals surface area contributed by atoms with Crippen LogP contribution in [-0.2, 0) is 4.79 Å². The van der Waals surface area contributed by atoms with Crippen molar-refractivity contribution in [3.8, 4) is 5.75 Å². The zero-order chi connectivity index (χ0) is 13.0. The van der Waals surface area contributed by atoms with E-state index in [2.05, 4.69) is 5.32 Å². The molecule has 4 heteroatoms. The summed E-state index contributed by atoms with van der Waals surface area (Å²) in [7, 11) is 0. The Morgan fingerprint density at radius 3 is 2.22 bits per heavy atom. The molecule has 2 aromatic carbocycles. The van der Waals surface area contributed by atoms with Crippen LogP contribution in [-0.4, -0.2) is 16.1 Å². The van der Waals surface area contributed by atoms with Crippen molar-refractivity contribution in [3.05, 3.63) is 60.2 Å². The third-order valence-electron chi connectivity index (χ3n) is 2.50. The van der Waals surface area contributed by atoms with E-state index < -0.39 is 12.0 Å². The minimum absolute atomic E-state index is 0.122. The van der Waals surface area contributed by atoms with Gasteiger partial charge in [0.1, 0.15) is 5.75 Å². The fourth-order valence-electron chi connectivity index (χ4n) is 1.54. The van der Waals surface area contributed by atoms with E-state index in [-0.39, 0.29) is 5.75 Å². The molecule has 0 saturated carbocycles. The lowest BCUT2D eigenvalue weighted by Gasteiger charge is -2.11. The van der Waals surface area contributed by atoms with Crippen LogP contribution in [0.5, 0.6) is 5.75 Å². The van der Waals surface area contributed by atoms with E-state index >= 15 is 0 Å². The maximum Gasteiger partial charge on any atom is 0.257 e. The molecule has 0 saturated heterocycles. The number of carbonyl (C=O) groups excluding carboxylic acids is 1. The van der Waals surface area contributed by atoms with Crippen molar-refractivity contribution >= 4 is 11.6 Å². The summed E-state index contributed by atoms with van der Waals surface area (Å²) in [4.78, 5) is 11.8. The lowest BCUT2D eigenvalue weighted by Crippen LogP contribution is -2.20. The van der Waals surface area contributed by atoms with Crippen LogP contribution in [0, 0.1) is 0 Å². The Kier molecular flexibility index (Phi) is 3.60. The topological polar surface area (TPSA) is 69.6 Å². The molecule has 0 fully saturated rings. The molecule has 1 amide bonds. The Labute approximate surface area is 105 Å². The minimum Gasteiger partial charge on any atom is -0.508 e. The predicted molar refractivity (Wildman–Crippen MR) is 68.1 cm³/mol. The molecule has 0 aromatic heterocycles. The van der Waals surface area contributed by atoms with Crippen LogP contribution in [0.3, 0.4) is 0 Å². The molecule has 2 aromatic rings. The summed E-state index contributed by atoms with van der Waals surface area (Å²) >= 11 is 0. The Morgan fingerprint density at radius 1 is 1.00 bits per heavy atom. The van der Waals surface area contributed by atoms with Gasteiger partial charge in [-0.15, -0.1) is 0 Å². The minimum atomic E-state index is -1.21. The number of aliphatic hydroxyl groups is 1. The van der Waals surface area contributed by atoms with Crippen molar-refractivity contribution in [1.82, 2.24) is 0 Å². The van der Waals surface area contributed by atoms with Gasteiger partial charge in [0.15, 0.2) is 6.10 Å². The SMILES string of the molecule is O=C(Nc1ccc(O)cc1)C(O)c1ccccc1. The first-order valence-electron chi connectivity index (χ1n) is 5.50. The van der Waals surface area contributed by atoms with Crippen molar-refractivity contribution in [3.63, 3.8) is 0 Å². The molecule has 1 unspecified atom stereocenters. The molecular weight excluding hydrogens is 230 g/mol. The first-order valence-corrected chi connectivity index (χ1v) is 5.50. The predicted octanol–water partition coefficient (Wildman–Crippen LogP) is 2.06. The van der Waals surface area contributed by atoms with Gasteiger partial charge in [-0.05, 0) is 29.8 Å². The quantitative estimate of drug-likeness (QED) is 0.723. The molecule has 0 aliphatic carbocycles. The average Bonchev–Trinajstić information content (AvgIpc) is 2.41. The maximum absolute atomic E-state index is 11.8. The smallest absolute Gasteiger partial charge is 0.257 e. The second-order valence-electron chi connectivity index (χ2n) is 3.85. The van der Waals surface area contributed by atoms with Crippen LogP contribution in [0.1, 0.15) is 11.7 Å². The van der Waals surface area contributed by atoms with Gasteiger partial charge in [-0.3, -0.25) is 4.79 Å². The largest absolute Gasteiger partial charge is 0.508 e. The Morgan fingerprint density at radius 2 is 1.61 bits per heavy atom. The van der Waals surface area contributed by atoms with Gasteiger partial charge in [0, 0.05) is 5.69 Å². The standard InChI is InChI=1S/C14H13NO3/c16-12-8-6-11(7-9-12)15-14(18)13(17)10-4-2-1-3-5-10/h1-9,13,16-17H,(H,15,18). The zero-order valence-electron chi connectivity index (χ0n) is 9.58. The third-order valence-corrected chi connectivity index (χ3v) is 2.50. The number of carbonyl (C=O) groups is 1. The number of hydrogen-bond donors (Lipinski definition) is 3. The number of nitrogens with one attached hydrogen (secondary N) is 1. The third kappa shape index (κ3) is 2.87. The highest BCUT2D eigenvalue weighted by atomic mass is 16.3. The van der Waals surface area contributed by atoms with Crippen molar-refractivity contribution < 1.29 is 15.0 Å². The number of rotatable bonds is 3. The summed E-state index contributed by atoms with van der Waals surface area (Å²) in [5.41, 5.74) is 1.06. The molecule has 1 atom stereocenters. The van der Waals surface area contributed by atoms with Gasteiger partial charge < -0.3 is 15.5 Å². The molecular formula is C14H13NO3. The molecule has 0 radical (unpaired) electrons. The highest BCUT2D eigenvalue weighted by Gasteiger charge is 2.16. The van der Waals surface area contributed by atoms with Gasteiger partial charge in [-0.25, -0.2) is 0 Å². The second-order valence-corrected chi connectivity index (χ2v) is 3.85. The molecule has 3 N–H and O–H groups in total. The number of anilines is 1. The molecule has 0 spiro atoms. The highest BCUT2D eigenvalue weighted by molar-refractivity contribution is 5.94. The number of aliphatic hydroxyl groups excluding tert-OH is 1. The van der Waals surface area contributed by atoms with Gasteiger partial charge in [-0.1, -0.05) is 30.3 Å². The van der Waals surface area contributed by atoms with Crippen molar-refractivity contribution in [1.29, 1.82) is 0 Å². The molecule has 2 rings (SSSR count). The monoisotopic (exact) mass is 243 g/mol. The van der Waals surface area contributed by atoms with E-state index in [9.17, 15) is 9.90 Å². The molecule has 0 bridgehead atoms. The molecule has 18 heavy (non-hydrogen) atoms. The van der Waals surface area contributed by atoms with Crippen LogP contribution < -0.4 is 5.32 Å². The van der Waals surface area contributed by atoms with Crippen molar-refractivity contribution in [2.75, 3.05) is 5.32 Å². The number of aromatic hydroxyl groups is 1. The van der Waals surface area contributed by atoms with Crippen molar-refractivity contribution in [2.24, 2.45) is 0 Å². The van der Waals surface area contributed by atoms with E-state index in [0.717, 1.165) is 0 Å². The Bertz CT molecular complexity index is 522. The number of benzene rings is 2. The zero-order valence-corrected chi connectivity index (χ0v) is 9.58. The summed E-state index contributed by atoms with van der Waals surface area (Å²) < 4.78 is 0. The van der Waals surface area contributed by atoms with Gasteiger partial charge >= 0.3 is 0 Å². The summed E-state index contributed by atoms with van der Waals surface area (Å²) in [6.45, 7) is 0. The van der Waals surface area contributed by atoms with E-state index in [1.165, 1.54) is 12.1 Å². The van der Waals surface area contributed by atoms with E-state index in [4.69, 9.17) is 5.11 Å². The molecule has 4 nitrogen and oxygen atoms in total. The number of amides is 1. The number of phenolic OH excluding ortho intramolecular Hbond substituents is 1. The molecule has 0 aliphatic rings. The van der Waals surface area contributed by atoms with Gasteiger partial charge in [0.2, 0.25) is 0 Å². The molecule has 0 aliphatic heterocycles. The first kappa shape index (κ1) is 12.1. The van der Waals surface area contributed by atoms with Crippen LogP contribution >= 0.6 is 0 Å². The Hall–Kier alpha value is -2.33. The number of hydrogen-bond acceptors (Lipinski definition) is 3. The van der Waals surface area contributed by atoms with Crippen molar-refractivity contribution in [2.45, 2.75) is 6.10 Å². The first-order chi connectivity index (χ1) is 8.66. The fourth-order valence-corrected chi connectivity index (χ4v) is 1.54. The van der Waals surface area contributed by atoms with Crippen LogP contribution in [0.4, 0.5) is 5.69 Å². The number of phenols is 1. The summed E-state index contributed by atoms with van der Waals surface area (Å²) in [6, 6.07) is 14.7. The van der Waals surface area contributed by atoms with Crippen LogP contribution in [0.2, 0.25) is 0 Å².